The van der Waals surface area contributed by atoms with Crippen LogP contribution in [0, 0.1) is 23.7 Å². The summed E-state index contributed by atoms with van der Waals surface area (Å²) < 4.78 is 57.1. The van der Waals surface area contributed by atoms with Crippen LogP contribution >= 0.6 is 0 Å². The molecule has 4 rings (SSSR count). The van der Waals surface area contributed by atoms with Crippen LogP contribution in [-0.2, 0) is 57.0 Å². The van der Waals surface area contributed by atoms with Crippen molar-refractivity contribution in [3.63, 3.8) is 0 Å². The maximum absolute atomic E-state index is 14.6. The summed E-state index contributed by atoms with van der Waals surface area (Å²) in [5, 5.41) is 23.9. The zero-order valence-electron chi connectivity index (χ0n) is 36.3. The Bertz CT molecular complexity index is 1360. The van der Waals surface area contributed by atoms with Gasteiger partial charge in [-0.1, -0.05) is 27.7 Å². The van der Waals surface area contributed by atoms with Gasteiger partial charge in [-0.2, -0.15) is 0 Å². The van der Waals surface area contributed by atoms with Crippen molar-refractivity contribution in [2.45, 2.75) is 199 Å². The van der Waals surface area contributed by atoms with E-state index >= 15 is 0 Å². The minimum atomic E-state index is -1.81. The minimum Gasteiger partial charge on any atom is -0.459 e. The first-order valence-corrected chi connectivity index (χ1v) is 20.4. The molecule has 2 N–H and O–H groups in total. The van der Waals surface area contributed by atoms with Gasteiger partial charge in [0.2, 0.25) is 0 Å². The van der Waals surface area contributed by atoms with Crippen molar-refractivity contribution in [3.8, 4) is 0 Å². The molecule has 0 aliphatic carbocycles. The highest BCUT2D eigenvalue weighted by Gasteiger charge is 2.59. The fourth-order valence-electron chi connectivity index (χ4n) is 9.99. The number of hydrogen-bond acceptors (Lipinski definition) is 15. The number of methoxy groups -OCH3 is 1. The molecule has 0 saturated carbocycles. The van der Waals surface area contributed by atoms with Crippen molar-refractivity contribution in [3.05, 3.63) is 0 Å². The van der Waals surface area contributed by atoms with E-state index in [2.05, 4.69) is 0 Å². The largest absolute Gasteiger partial charge is 0.459 e. The highest BCUT2D eigenvalue weighted by Crippen LogP contribution is 2.49. The van der Waals surface area contributed by atoms with Gasteiger partial charge in [-0.25, -0.2) is 0 Å². The Morgan fingerprint density at radius 1 is 0.982 bits per heavy atom. The van der Waals surface area contributed by atoms with Crippen LogP contribution in [0.4, 0.5) is 0 Å². The van der Waals surface area contributed by atoms with Crippen molar-refractivity contribution in [1.29, 1.82) is 0 Å². The average molecular weight is 802 g/mol. The molecule has 0 radical (unpaired) electrons. The summed E-state index contributed by atoms with van der Waals surface area (Å²) in [7, 11) is 5.35. The first-order valence-electron chi connectivity index (χ1n) is 20.4. The third-order valence-electron chi connectivity index (χ3n) is 12.9. The van der Waals surface area contributed by atoms with Gasteiger partial charge in [0, 0.05) is 45.3 Å². The molecule has 56 heavy (non-hydrogen) atoms. The SMILES string of the molecule is CC[C@@H](OC(C)=O)[C@@](C)(O)[C@@H]1OC(=O)[C@H](C)[C@@H](O[C@H]2C[C@@](C)(OC)[C@@H](OC(C)=O)[C@H](C)O2)[C@H](C)[C@@H](O[C@H]2O[C@@H](C)C[C@@H](N(C)C)[C@@H]2O)[C@@]2(C)C[C@@H](C)[C@H](O2)[C@H]1C. The van der Waals surface area contributed by atoms with E-state index in [-0.39, 0.29) is 30.9 Å². The molecule has 4 fully saturated rings. The number of aliphatic hydroxyl groups is 2. The smallest absolute Gasteiger partial charge is 0.311 e. The van der Waals surface area contributed by atoms with Crippen LogP contribution in [0.2, 0.25) is 0 Å². The molecule has 19 atom stereocenters. The number of carbonyl (C=O) groups is 3. The van der Waals surface area contributed by atoms with E-state index in [1.165, 1.54) is 27.9 Å². The zero-order chi connectivity index (χ0) is 42.2. The van der Waals surface area contributed by atoms with E-state index in [0.29, 0.717) is 12.8 Å². The molecule has 0 amide bonds. The summed E-state index contributed by atoms with van der Waals surface area (Å²) in [6.07, 6.45) is -7.48. The van der Waals surface area contributed by atoms with Crippen molar-refractivity contribution in [2.75, 3.05) is 21.2 Å². The molecule has 4 aliphatic heterocycles. The summed E-state index contributed by atoms with van der Waals surface area (Å²) in [5.41, 5.74) is -3.83. The number of aliphatic hydroxyl groups excluding tert-OH is 1. The van der Waals surface area contributed by atoms with E-state index in [1.54, 1.807) is 20.8 Å². The molecule has 4 heterocycles. The summed E-state index contributed by atoms with van der Waals surface area (Å²) >= 11 is 0. The van der Waals surface area contributed by atoms with Gasteiger partial charge in [-0.15, -0.1) is 0 Å². The van der Waals surface area contributed by atoms with Gasteiger partial charge in [0.05, 0.1) is 42.0 Å². The lowest BCUT2D eigenvalue weighted by Crippen LogP contribution is -2.60. The van der Waals surface area contributed by atoms with E-state index in [1.807, 2.05) is 60.5 Å². The highest BCUT2D eigenvalue weighted by molar-refractivity contribution is 5.73. The van der Waals surface area contributed by atoms with Crippen molar-refractivity contribution >= 4 is 17.9 Å². The van der Waals surface area contributed by atoms with E-state index < -0.39 is 114 Å². The summed E-state index contributed by atoms with van der Waals surface area (Å²) in [6.45, 7) is 20.9. The van der Waals surface area contributed by atoms with E-state index in [4.69, 9.17) is 42.6 Å². The molecule has 4 aliphatic rings. The molecule has 2 bridgehead atoms. The number of ether oxygens (including phenoxy) is 9. The summed E-state index contributed by atoms with van der Waals surface area (Å²) in [6, 6.07) is -0.243. The second-order valence-electron chi connectivity index (χ2n) is 17.9. The molecular weight excluding hydrogens is 730 g/mol. The number of hydrogen-bond donors (Lipinski definition) is 2. The number of esters is 3. The first-order chi connectivity index (χ1) is 25.9. The number of carbonyl (C=O) groups excluding carboxylic acids is 3. The van der Waals surface area contributed by atoms with E-state index in [9.17, 15) is 24.6 Å². The fourth-order valence-corrected chi connectivity index (χ4v) is 9.99. The quantitative estimate of drug-likeness (QED) is 0.228. The third-order valence-corrected chi connectivity index (χ3v) is 12.9. The lowest BCUT2D eigenvalue weighted by Gasteiger charge is -2.49. The van der Waals surface area contributed by atoms with Crippen LogP contribution < -0.4 is 0 Å². The lowest BCUT2D eigenvalue weighted by atomic mass is 9.76. The predicted molar refractivity (Wildman–Crippen MR) is 203 cm³/mol. The standard InChI is InChI=1S/C41H71NO14/c1-16-29(51-26(8)43)41(12,47)35-22(4)32-20(2)18-40(11,56-32)34(55-38-31(45)28(42(13)14)17-21(3)49-38)23(5)33(24(6)37(46)54-35)53-30-19-39(10,48-15)36(25(7)50-30)52-27(9)44/h20-25,28-36,38,45,47H,16-19H2,1-15H3/t20-,21+,22-,23+,24-,25+,28-,29-,30+,31+,32+,33+,34-,35-,36+,38-,39-,40-,41-/m1/s1. The molecule has 0 unspecified atom stereocenters. The van der Waals surface area contributed by atoms with Gasteiger partial charge in [-0.3, -0.25) is 14.4 Å². The third kappa shape index (κ3) is 9.73. The van der Waals surface area contributed by atoms with Gasteiger partial charge in [0.25, 0.3) is 0 Å². The normalized spacial score (nSPS) is 45.2. The van der Waals surface area contributed by atoms with Gasteiger partial charge in [0.1, 0.15) is 29.5 Å². The van der Waals surface area contributed by atoms with E-state index in [0.717, 1.165) is 0 Å². The maximum atomic E-state index is 14.6. The van der Waals surface area contributed by atoms with Crippen molar-refractivity contribution in [1.82, 2.24) is 4.90 Å². The molecule has 15 nitrogen and oxygen atoms in total. The fraction of sp³-hybridized carbons (Fsp3) is 0.927. The predicted octanol–water partition coefficient (Wildman–Crippen LogP) is 3.76. The molecule has 0 aromatic carbocycles. The molecule has 0 spiro atoms. The topological polar surface area (TPSA) is 178 Å². The molecular formula is C41H71NO14. The Labute approximate surface area is 333 Å². The van der Waals surface area contributed by atoms with Gasteiger partial charge >= 0.3 is 17.9 Å². The summed E-state index contributed by atoms with van der Waals surface area (Å²) in [5.74, 6) is -3.97. The number of likely N-dealkylation sites (N-methyl/N-ethyl adjacent to an activating group) is 1. The van der Waals surface area contributed by atoms with Crippen LogP contribution in [0.25, 0.3) is 0 Å². The van der Waals surface area contributed by atoms with Crippen molar-refractivity contribution < 1.29 is 67.2 Å². The molecule has 0 aromatic rings. The second kappa shape index (κ2) is 18.1. The maximum Gasteiger partial charge on any atom is 0.311 e. The molecule has 15 heteroatoms. The molecule has 0 aromatic heterocycles. The van der Waals surface area contributed by atoms with Crippen molar-refractivity contribution in [2.24, 2.45) is 23.7 Å². The summed E-state index contributed by atoms with van der Waals surface area (Å²) in [4.78, 5) is 40.8. The first kappa shape index (κ1) is 46.7. The average Bonchev–Trinajstić information content (AvgIpc) is 3.42. The van der Waals surface area contributed by atoms with Crippen LogP contribution in [0.3, 0.4) is 0 Å². The van der Waals surface area contributed by atoms with Crippen LogP contribution in [0.15, 0.2) is 0 Å². The van der Waals surface area contributed by atoms with Gasteiger partial charge in [-0.05, 0) is 80.8 Å². The zero-order valence-corrected chi connectivity index (χ0v) is 36.3. The Kier molecular flexibility index (Phi) is 15.1. The number of cyclic esters (lactones) is 1. The van der Waals surface area contributed by atoms with Gasteiger partial charge < -0.3 is 57.7 Å². The van der Waals surface area contributed by atoms with Crippen LogP contribution in [-0.4, -0.2) is 145 Å². The second-order valence-corrected chi connectivity index (χ2v) is 17.9. The molecule has 4 saturated heterocycles. The monoisotopic (exact) mass is 801 g/mol. The minimum absolute atomic E-state index is 0.107. The highest BCUT2D eigenvalue weighted by atomic mass is 16.7. The number of rotatable bonds is 11. The Morgan fingerprint density at radius 2 is 1.62 bits per heavy atom. The van der Waals surface area contributed by atoms with Crippen LogP contribution in [0.1, 0.15) is 109 Å². The lowest BCUT2D eigenvalue weighted by molar-refractivity contribution is -0.319. The Balaban J connectivity index is 1.84. The number of nitrogens with zero attached hydrogens (tertiary/aromatic N) is 1. The van der Waals surface area contributed by atoms with Crippen LogP contribution in [0.5, 0.6) is 0 Å². The Morgan fingerprint density at radius 3 is 2.18 bits per heavy atom. The molecule has 324 valence electrons. The van der Waals surface area contributed by atoms with Gasteiger partial charge in [0.15, 0.2) is 18.7 Å². The Hall–Kier alpha value is -1.95. The number of fused-ring (bicyclic) bond motifs is 2.